The first-order chi connectivity index (χ1) is 20.5. The Morgan fingerprint density at radius 3 is 2.40 bits per heavy atom. The number of nitrogens with one attached hydrogen (secondary N) is 2. The average molecular weight is 610 g/mol. The van der Waals surface area contributed by atoms with Crippen LogP contribution in [0.25, 0.3) is 0 Å². The van der Waals surface area contributed by atoms with Crippen LogP contribution in [0.15, 0.2) is 64.9 Å². The molecule has 230 valence electrons. The van der Waals surface area contributed by atoms with Gasteiger partial charge in [-0.25, -0.2) is 8.42 Å². The molecule has 12 heteroatoms. The number of H-pyrrole nitrogens is 1. The third-order valence-electron chi connectivity index (χ3n) is 8.33. The van der Waals surface area contributed by atoms with Crippen LogP contribution in [0, 0.1) is 11.8 Å². The van der Waals surface area contributed by atoms with Gasteiger partial charge in [0.15, 0.2) is 15.6 Å². The fraction of sp³-hybridized carbons (Fsp3) is 0.484. The second-order valence-corrected chi connectivity index (χ2v) is 14.1. The van der Waals surface area contributed by atoms with Crippen molar-refractivity contribution in [3.8, 4) is 0 Å². The van der Waals surface area contributed by atoms with Gasteiger partial charge in [0, 0.05) is 68.9 Å². The molecule has 2 aromatic rings. The van der Waals surface area contributed by atoms with Gasteiger partial charge >= 0.3 is 0 Å². The van der Waals surface area contributed by atoms with Gasteiger partial charge in [-0.15, -0.1) is 0 Å². The molecule has 1 aromatic carbocycles. The van der Waals surface area contributed by atoms with Crippen LogP contribution in [0.3, 0.4) is 0 Å². The Hall–Kier alpha value is -3.77. The van der Waals surface area contributed by atoms with E-state index in [1.54, 1.807) is 11.0 Å². The number of sulfone groups is 1. The molecule has 4 heterocycles. The number of aromatic nitrogens is 1. The number of piperazine rings is 1. The highest BCUT2D eigenvalue weighted by Crippen LogP contribution is 2.37. The standard InChI is InChI=1S/C31H39N5O6S/c1-21(2)15-24(16-27(38)35-13-11-34(12-14-35)19-22-7-4-3-5-8-22)31(40)36-28(17-25-29(36)26(37)18-33-25)43(41,42)20-23-9-6-10-32-30(23)39/h3-10,21,24,28,33H,11-20H2,1-2H3,(H,32,39). The van der Waals surface area contributed by atoms with Crippen LogP contribution >= 0.6 is 0 Å². The first kappa shape index (κ1) is 30.7. The average Bonchev–Trinajstić information content (AvgIpc) is 3.54. The lowest BCUT2D eigenvalue weighted by atomic mass is 9.92. The maximum Gasteiger partial charge on any atom is 0.252 e. The lowest BCUT2D eigenvalue weighted by molar-refractivity contribution is -0.142. The second-order valence-electron chi connectivity index (χ2n) is 12.0. The topological polar surface area (TPSA) is 140 Å². The highest BCUT2D eigenvalue weighted by atomic mass is 32.2. The molecule has 11 nitrogen and oxygen atoms in total. The normalized spacial score (nSPS) is 20.0. The van der Waals surface area contributed by atoms with E-state index in [1.165, 1.54) is 17.8 Å². The van der Waals surface area contributed by atoms with Crippen LogP contribution < -0.4 is 10.9 Å². The molecular weight excluding hydrogens is 570 g/mol. The zero-order chi connectivity index (χ0) is 30.7. The number of carbonyl (C=O) groups excluding carboxylic acids is 3. The van der Waals surface area contributed by atoms with Crippen molar-refractivity contribution in [3.63, 3.8) is 0 Å². The van der Waals surface area contributed by atoms with E-state index < -0.39 is 38.3 Å². The SMILES string of the molecule is CC(C)CC(CC(=O)N1CCN(Cc2ccccc2)CC1)C(=O)N1C2=C(CC1S(=O)(=O)Cc1ccc[nH]c1=O)NCC2=O. The lowest BCUT2D eigenvalue weighted by Gasteiger charge is -2.36. The molecule has 0 spiro atoms. The zero-order valence-corrected chi connectivity index (χ0v) is 25.4. The number of rotatable bonds is 10. The second kappa shape index (κ2) is 12.8. The summed E-state index contributed by atoms with van der Waals surface area (Å²) in [5.41, 5.74) is 1.22. The predicted octanol–water partition coefficient (Wildman–Crippen LogP) is 1.63. The van der Waals surface area contributed by atoms with Crippen molar-refractivity contribution in [1.29, 1.82) is 0 Å². The van der Waals surface area contributed by atoms with E-state index in [-0.39, 0.29) is 48.3 Å². The van der Waals surface area contributed by atoms with E-state index in [0.29, 0.717) is 38.3 Å². The molecule has 0 radical (unpaired) electrons. The lowest BCUT2D eigenvalue weighted by Crippen LogP contribution is -2.50. The summed E-state index contributed by atoms with van der Waals surface area (Å²) in [6, 6.07) is 13.1. The smallest absolute Gasteiger partial charge is 0.252 e. The van der Waals surface area contributed by atoms with E-state index >= 15 is 0 Å². The van der Waals surface area contributed by atoms with E-state index in [0.717, 1.165) is 11.4 Å². The predicted molar refractivity (Wildman–Crippen MR) is 161 cm³/mol. The van der Waals surface area contributed by atoms with Gasteiger partial charge in [-0.05, 0) is 24.0 Å². The van der Waals surface area contributed by atoms with Crippen molar-refractivity contribution < 1.29 is 22.8 Å². The minimum Gasteiger partial charge on any atom is -0.379 e. The van der Waals surface area contributed by atoms with Crippen LogP contribution in [0.5, 0.6) is 0 Å². The number of hydrogen-bond acceptors (Lipinski definition) is 8. The van der Waals surface area contributed by atoms with Crippen molar-refractivity contribution in [2.75, 3.05) is 32.7 Å². The third kappa shape index (κ3) is 6.91. The molecule has 1 saturated heterocycles. The molecule has 3 aliphatic heterocycles. The van der Waals surface area contributed by atoms with Gasteiger partial charge in [0.1, 0.15) is 11.1 Å². The van der Waals surface area contributed by atoms with E-state index in [9.17, 15) is 27.6 Å². The summed E-state index contributed by atoms with van der Waals surface area (Å²) in [6.07, 6.45) is 1.65. The maximum atomic E-state index is 14.2. The van der Waals surface area contributed by atoms with Crippen LogP contribution in [-0.2, 0) is 36.5 Å². The summed E-state index contributed by atoms with van der Waals surface area (Å²) >= 11 is 0. The first-order valence-corrected chi connectivity index (χ1v) is 16.5. The number of hydrogen-bond donors (Lipinski definition) is 2. The molecule has 2 N–H and O–H groups in total. The molecule has 0 saturated carbocycles. The molecular formula is C31H39N5O6S. The summed E-state index contributed by atoms with van der Waals surface area (Å²) in [6.45, 7) is 7.18. The zero-order valence-electron chi connectivity index (χ0n) is 24.6. The highest BCUT2D eigenvalue weighted by molar-refractivity contribution is 7.91. The fourth-order valence-electron chi connectivity index (χ4n) is 6.18. The molecule has 3 aliphatic rings. The fourth-order valence-corrected chi connectivity index (χ4v) is 7.98. The molecule has 0 bridgehead atoms. The Balaban J connectivity index is 1.32. The molecule has 1 aromatic heterocycles. The van der Waals surface area contributed by atoms with E-state index in [2.05, 4.69) is 27.3 Å². The molecule has 5 rings (SSSR count). The van der Waals surface area contributed by atoms with E-state index in [1.807, 2.05) is 32.0 Å². The molecule has 2 atom stereocenters. The van der Waals surface area contributed by atoms with Crippen LogP contribution in [0.2, 0.25) is 0 Å². The van der Waals surface area contributed by atoms with Gasteiger partial charge in [-0.1, -0.05) is 50.2 Å². The van der Waals surface area contributed by atoms with Crippen LogP contribution in [-0.4, -0.2) is 83.8 Å². The first-order valence-electron chi connectivity index (χ1n) is 14.8. The van der Waals surface area contributed by atoms with Crippen LogP contribution in [0.4, 0.5) is 0 Å². The molecule has 1 fully saturated rings. The number of nitrogens with zero attached hydrogens (tertiary/aromatic N) is 3. The Bertz CT molecular complexity index is 1560. The monoisotopic (exact) mass is 609 g/mol. The number of carbonyl (C=O) groups is 3. The number of aromatic amines is 1. The largest absolute Gasteiger partial charge is 0.379 e. The minimum atomic E-state index is -4.09. The Morgan fingerprint density at radius 1 is 1.00 bits per heavy atom. The van der Waals surface area contributed by atoms with Gasteiger partial charge in [-0.2, -0.15) is 0 Å². The van der Waals surface area contributed by atoms with Crippen molar-refractivity contribution in [2.24, 2.45) is 11.8 Å². The van der Waals surface area contributed by atoms with Crippen LogP contribution in [0.1, 0.15) is 44.2 Å². The Labute approximate surface area is 251 Å². The summed E-state index contributed by atoms with van der Waals surface area (Å²) in [5.74, 6) is -2.38. The van der Waals surface area contributed by atoms with Gasteiger partial charge in [0.05, 0.1) is 12.3 Å². The third-order valence-corrected chi connectivity index (χ3v) is 10.2. The van der Waals surface area contributed by atoms with Gasteiger partial charge in [0.2, 0.25) is 11.8 Å². The number of amides is 2. The van der Waals surface area contributed by atoms with E-state index in [4.69, 9.17) is 0 Å². The summed E-state index contributed by atoms with van der Waals surface area (Å²) in [7, 11) is -4.09. The molecule has 2 amide bonds. The summed E-state index contributed by atoms with van der Waals surface area (Å²) in [5, 5.41) is 1.61. The molecule has 43 heavy (non-hydrogen) atoms. The quantitative estimate of drug-likeness (QED) is 0.414. The molecule has 2 unspecified atom stereocenters. The summed E-state index contributed by atoms with van der Waals surface area (Å²) in [4.78, 5) is 60.5. The van der Waals surface area contributed by atoms with Gasteiger partial charge < -0.3 is 15.2 Å². The number of benzene rings is 1. The maximum absolute atomic E-state index is 14.2. The number of pyridine rings is 1. The Morgan fingerprint density at radius 2 is 1.72 bits per heavy atom. The van der Waals surface area contributed by atoms with Crippen molar-refractivity contribution >= 4 is 27.4 Å². The summed E-state index contributed by atoms with van der Waals surface area (Å²) < 4.78 is 27.4. The number of ketones is 1. The highest BCUT2D eigenvalue weighted by Gasteiger charge is 2.49. The Kier molecular flexibility index (Phi) is 9.16. The van der Waals surface area contributed by atoms with Gasteiger partial charge in [0.25, 0.3) is 5.56 Å². The minimum absolute atomic E-state index is 0.0133. The van der Waals surface area contributed by atoms with Gasteiger partial charge in [-0.3, -0.25) is 29.0 Å². The molecule has 0 aliphatic carbocycles. The van der Waals surface area contributed by atoms with Crippen molar-refractivity contribution in [3.05, 3.63) is 81.5 Å². The number of Topliss-reactive ketones (excluding diaryl/α,β-unsaturated/α-hetero) is 1. The van der Waals surface area contributed by atoms with Crippen molar-refractivity contribution in [1.82, 2.24) is 25.0 Å². The van der Waals surface area contributed by atoms with Crippen molar-refractivity contribution in [2.45, 2.75) is 50.8 Å².